The summed E-state index contributed by atoms with van der Waals surface area (Å²) in [7, 11) is 0. The Bertz CT molecular complexity index is 812. The molecular weight excluding hydrogens is 366 g/mol. The monoisotopic (exact) mass is 388 g/mol. The van der Waals surface area contributed by atoms with Gasteiger partial charge in [0.1, 0.15) is 17.3 Å². The molecule has 0 saturated carbocycles. The van der Waals surface area contributed by atoms with Crippen molar-refractivity contribution in [2.24, 2.45) is 0 Å². The largest absolute Gasteiger partial charge is 0.351 e. The van der Waals surface area contributed by atoms with Crippen LogP contribution in [0.25, 0.3) is 0 Å². The Hall–Kier alpha value is -2.87. The van der Waals surface area contributed by atoms with E-state index in [1.54, 1.807) is 18.2 Å². The number of benzene rings is 1. The van der Waals surface area contributed by atoms with Crippen molar-refractivity contribution in [1.29, 1.82) is 0 Å². The minimum absolute atomic E-state index is 0.0390. The highest BCUT2D eigenvalue weighted by Crippen LogP contribution is 2.18. The molecule has 1 aliphatic rings. The lowest BCUT2D eigenvalue weighted by Gasteiger charge is -2.33. The van der Waals surface area contributed by atoms with Crippen LogP contribution in [0.2, 0.25) is 0 Å². The van der Waals surface area contributed by atoms with E-state index in [0.29, 0.717) is 13.1 Å². The number of carbonyl (C=O) groups is 2. The third kappa shape index (κ3) is 5.32. The second kappa shape index (κ2) is 9.36. The lowest BCUT2D eigenvalue weighted by molar-refractivity contribution is -0.121. The Morgan fingerprint density at radius 2 is 1.93 bits per heavy atom. The summed E-state index contributed by atoms with van der Waals surface area (Å²) in [5.74, 6) is -1.86. The number of pyridine rings is 1. The van der Waals surface area contributed by atoms with Crippen LogP contribution < -0.4 is 10.6 Å². The minimum Gasteiger partial charge on any atom is -0.351 e. The Morgan fingerprint density at radius 3 is 2.64 bits per heavy atom. The third-order valence-electron chi connectivity index (χ3n) is 4.62. The molecule has 0 radical (unpaired) electrons. The van der Waals surface area contributed by atoms with Crippen molar-refractivity contribution in [1.82, 2.24) is 20.5 Å². The van der Waals surface area contributed by atoms with Gasteiger partial charge in [-0.25, -0.2) is 8.78 Å². The Kier molecular flexibility index (Phi) is 6.65. The molecule has 1 fully saturated rings. The third-order valence-corrected chi connectivity index (χ3v) is 4.62. The van der Waals surface area contributed by atoms with Crippen molar-refractivity contribution in [2.75, 3.05) is 19.6 Å². The smallest absolute Gasteiger partial charge is 0.270 e. The fourth-order valence-corrected chi connectivity index (χ4v) is 3.25. The van der Waals surface area contributed by atoms with Gasteiger partial charge in [0.2, 0.25) is 5.91 Å². The highest BCUT2D eigenvalue weighted by Gasteiger charge is 2.23. The summed E-state index contributed by atoms with van der Waals surface area (Å²) in [5.41, 5.74) is 0.281. The van der Waals surface area contributed by atoms with Crippen molar-refractivity contribution in [3.05, 3.63) is 65.5 Å². The van der Waals surface area contributed by atoms with Gasteiger partial charge in [-0.1, -0.05) is 12.1 Å². The first-order valence-corrected chi connectivity index (χ1v) is 9.17. The lowest BCUT2D eigenvalue weighted by Crippen LogP contribution is -2.49. The van der Waals surface area contributed by atoms with Crippen LogP contribution in [0.4, 0.5) is 8.78 Å². The van der Waals surface area contributed by atoms with E-state index in [-0.39, 0.29) is 36.3 Å². The van der Waals surface area contributed by atoms with Crippen molar-refractivity contribution in [2.45, 2.75) is 25.4 Å². The minimum atomic E-state index is -0.566. The zero-order valence-electron chi connectivity index (χ0n) is 15.3. The van der Waals surface area contributed by atoms with Gasteiger partial charge in [0.15, 0.2) is 0 Å². The van der Waals surface area contributed by atoms with Gasteiger partial charge in [-0.3, -0.25) is 19.5 Å². The second-order valence-electron chi connectivity index (χ2n) is 6.74. The molecule has 0 spiro atoms. The number of aromatic nitrogens is 1. The number of hydrogen-bond acceptors (Lipinski definition) is 4. The standard InChI is InChI=1S/C20H22F2N4O2/c21-16-6-3-7-17(22)15(16)13-26-10-4-5-14(12-26)25-19(27)11-24-20(28)18-8-1-2-9-23-18/h1-3,6-9,14H,4-5,10-13H2,(H,24,28)(H,25,27)/t14-/m0/s1. The molecule has 1 aromatic heterocycles. The van der Waals surface area contributed by atoms with Crippen molar-refractivity contribution < 1.29 is 18.4 Å². The predicted molar refractivity (Wildman–Crippen MR) is 99.4 cm³/mol. The maximum Gasteiger partial charge on any atom is 0.270 e. The molecule has 1 aromatic carbocycles. The van der Waals surface area contributed by atoms with Gasteiger partial charge < -0.3 is 10.6 Å². The highest BCUT2D eigenvalue weighted by atomic mass is 19.1. The topological polar surface area (TPSA) is 74.3 Å². The first-order valence-electron chi connectivity index (χ1n) is 9.17. The first-order chi connectivity index (χ1) is 13.5. The number of rotatable bonds is 6. The van der Waals surface area contributed by atoms with Crippen LogP contribution >= 0.6 is 0 Å². The number of amides is 2. The molecule has 8 heteroatoms. The zero-order valence-corrected chi connectivity index (χ0v) is 15.3. The summed E-state index contributed by atoms with van der Waals surface area (Å²) in [4.78, 5) is 29.9. The maximum atomic E-state index is 13.8. The molecular formula is C20H22F2N4O2. The fraction of sp³-hybridized carbons (Fsp3) is 0.350. The highest BCUT2D eigenvalue weighted by molar-refractivity contribution is 5.94. The van der Waals surface area contributed by atoms with Crippen LogP contribution in [-0.2, 0) is 11.3 Å². The average molecular weight is 388 g/mol. The number of piperidine rings is 1. The van der Waals surface area contributed by atoms with E-state index in [9.17, 15) is 18.4 Å². The van der Waals surface area contributed by atoms with Crippen LogP contribution in [0.5, 0.6) is 0 Å². The van der Waals surface area contributed by atoms with E-state index in [4.69, 9.17) is 0 Å². The van der Waals surface area contributed by atoms with Gasteiger partial charge in [0, 0.05) is 30.9 Å². The Morgan fingerprint density at radius 1 is 1.14 bits per heavy atom. The number of carbonyl (C=O) groups excluding carboxylic acids is 2. The molecule has 3 rings (SSSR count). The van der Waals surface area contributed by atoms with Gasteiger partial charge in [-0.05, 0) is 43.7 Å². The molecule has 1 saturated heterocycles. The molecule has 6 nitrogen and oxygen atoms in total. The molecule has 148 valence electrons. The van der Waals surface area contributed by atoms with Gasteiger partial charge >= 0.3 is 0 Å². The van der Waals surface area contributed by atoms with E-state index < -0.39 is 17.5 Å². The lowest BCUT2D eigenvalue weighted by atomic mass is 10.0. The summed E-state index contributed by atoms with van der Waals surface area (Å²) in [6, 6.07) is 8.64. The van der Waals surface area contributed by atoms with Gasteiger partial charge in [0.25, 0.3) is 5.91 Å². The van der Waals surface area contributed by atoms with Crippen LogP contribution in [0.3, 0.4) is 0 Å². The van der Waals surface area contributed by atoms with E-state index in [0.717, 1.165) is 12.8 Å². The van der Waals surface area contributed by atoms with Crippen LogP contribution in [-0.4, -0.2) is 47.4 Å². The molecule has 28 heavy (non-hydrogen) atoms. The number of likely N-dealkylation sites (tertiary alicyclic amines) is 1. The van der Waals surface area contributed by atoms with E-state index in [1.165, 1.54) is 24.4 Å². The summed E-state index contributed by atoms with van der Waals surface area (Å²) < 4.78 is 27.7. The number of nitrogens with zero attached hydrogens (tertiary/aromatic N) is 2. The number of halogens is 2. The first kappa shape index (κ1) is 19.9. The van der Waals surface area contributed by atoms with E-state index in [1.807, 2.05) is 4.90 Å². The summed E-state index contributed by atoms with van der Waals surface area (Å²) >= 11 is 0. The van der Waals surface area contributed by atoms with Gasteiger partial charge in [0.05, 0.1) is 6.54 Å². The molecule has 2 aromatic rings. The fourth-order valence-electron chi connectivity index (χ4n) is 3.25. The van der Waals surface area contributed by atoms with Gasteiger partial charge in [-0.2, -0.15) is 0 Å². The maximum absolute atomic E-state index is 13.8. The van der Waals surface area contributed by atoms with Crippen LogP contribution in [0.15, 0.2) is 42.6 Å². The molecule has 0 unspecified atom stereocenters. The second-order valence-corrected chi connectivity index (χ2v) is 6.74. The molecule has 2 heterocycles. The summed E-state index contributed by atoms with van der Waals surface area (Å²) in [5, 5.41) is 5.40. The Balaban J connectivity index is 1.48. The molecule has 1 aliphatic heterocycles. The van der Waals surface area contributed by atoms with Crippen LogP contribution in [0.1, 0.15) is 28.9 Å². The molecule has 0 aliphatic carbocycles. The van der Waals surface area contributed by atoms with Crippen LogP contribution in [0, 0.1) is 11.6 Å². The normalized spacial score (nSPS) is 17.1. The number of hydrogen-bond donors (Lipinski definition) is 2. The molecule has 0 bridgehead atoms. The Labute approximate surface area is 162 Å². The predicted octanol–water partition coefficient (Wildman–Crippen LogP) is 1.87. The average Bonchev–Trinajstić information content (AvgIpc) is 2.70. The van der Waals surface area contributed by atoms with Gasteiger partial charge in [-0.15, -0.1) is 0 Å². The van der Waals surface area contributed by atoms with Crippen molar-refractivity contribution >= 4 is 11.8 Å². The summed E-state index contributed by atoms with van der Waals surface area (Å²) in [6.45, 7) is 1.19. The molecule has 2 amide bonds. The van der Waals surface area contributed by atoms with E-state index in [2.05, 4.69) is 15.6 Å². The van der Waals surface area contributed by atoms with Crippen molar-refractivity contribution in [3.8, 4) is 0 Å². The van der Waals surface area contributed by atoms with E-state index >= 15 is 0 Å². The zero-order chi connectivity index (χ0) is 19.9. The SMILES string of the molecule is O=C(CNC(=O)c1ccccn1)N[C@H]1CCCN(Cc2c(F)cccc2F)C1. The summed E-state index contributed by atoms with van der Waals surface area (Å²) in [6.07, 6.45) is 3.08. The number of nitrogens with one attached hydrogen (secondary N) is 2. The molecule has 1 atom stereocenters. The molecule has 2 N–H and O–H groups in total. The quantitative estimate of drug-likeness (QED) is 0.792. The van der Waals surface area contributed by atoms with Crippen molar-refractivity contribution in [3.63, 3.8) is 0 Å².